The molecule has 0 bridgehead atoms. The lowest BCUT2D eigenvalue weighted by atomic mass is 9.97. The molecule has 110 valence electrons. The van der Waals surface area contributed by atoms with Crippen molar-refractivity contribution >= 4 is 5.91 Å². The molecule has 2 atom stereocenters. The summed E-state index contributed by atoms with van der Waals surface area (Å²) in [4.78, 5) is 16.4. The van der Waals surface area contributed by atoms with Gasteiger partial charge in [0, 0.05) is 19.1 Å². The molecule has 19 heavy (non-hydrogen) atoms. The second-order valence-corrected chi connectivity index (χ2v) is 5.70. The first kappa shape index (κ1) is 14.8. The van der Waals surface area contributed by atoms with E-state index < -0.39 is 0 Å². The first-order chi connectivity index (χ1) is 9.16. The lowest BCUT2D eigenvalue weighted by Gasteiger charge is -2.37. The normalized spacial score (nSPS) is 27.3. The second-order valence-electron chi connectivity index (χ2n) is 5.70. The number of morpholine rings is 1. The highest BCUT2D eigenvalue weighted by atomic mass is 16.5. The van der Waals surface area contributed by atoms with Crippen LogP contribution in [0.15, 0.2) is 0 Å². The topological polar surface area (TPSA) is 53.0 Å². The molecule has 0 saturated carbocycles. The van der Waals surface area contributed by atoms with Gasteiger partial charge in [0.05, 0.1) is 25.9 Å². The van der Waals surface area contributed by atoms with E-state index in [1.165, 1.54) is 6.42 Å². The maximum Gasteiger partial charge on any atom is 0.236 e. The van der Waals surface area contributed by atoms with Gasteiger partial charge in [0.25, 0.3) is 0 Å². The lowest BCUT2D eigenvalue weighted by Crippen LogP contribution is -2.50. The van der Waals surface area contributed by atoms with Crippen LogP contribution in [0.25, 0.3) is 0 Å². The number of hydrogen-bond donors (Lipinski definition) is 1. The molecular weight excluding hydrogens is 244 g/mol. The summed E-state index contributed by atoms with van der Waals surface area (Å²) in [5.41, 5.74) is 0. The van der Waals surface area contributed by atoms with Gasteiger partial charge in [-0.25, -0.2) is 0 Å². The van der Waals surface area contributed by atoms with Crippen molar-refractivity contribution in [2.24, 2.45) is 0 Å². The zero-order chi connectivity index (χ0) is 13.7. The Bertz CT molecular complexity index is 290. The summed E-state index contributed by atoms with van der Waals surface area (Å²) in [6.07, 6.45) is 3.95. The molecule has 0 spiro atoms. The van der Waals surface area contributed by atoms with E-state index in [0.717, 1.165) is 25.8 Å². The maximum absolute atomic E-state index is 12.3. The molecule has 0 aliphatic carbocycles. The maximum atomic E-state index is 12.3. The molecule has 2 unspecified atom stereocenters. The molecule has 5 nitrogen and oxygen atoms in total. The first-order valence-corrected chi connectivity index (χ1v) is 7.44. The second kappa shape index (κ2) is 7.22. The van der Waals surface area contributed by atoms with Gasteiger partial charge in [-0.15, -0.1) is 0 Å². The van der Waals surface area contributed by atoms with Crippen molar-refractivity contribution < 1.29 is 14.6 Å². The fraction of sp³-hybridized carbons (Fsp3) is 0.929. The van der Waals surface area contributed by atoms with E-state index in [4.69, 9.17) is 4.74 Å². The monoisotopic (exact) mass is 270 g/mol. The smallest absolute Gasteiger partial charge is 0.236 e. The summed E-state index contributed by atoms with van der Waals surface area (Å²) >= 11 is 0. The zero-order valence-electron chi connectivity index (χ0n) is 11.9. The number of nitrogens with zero attached hydrogens (tertiary/aromatic N) is 2. The number of carbonyl (C=O) groups is 1. The summed E-state index contributed by atoms with van der Waals surface area (Å²) in [7, 11) is 0. The van der Waals surface area contributed by atoms with Gasteiger partial charge in [0.2, 0.25) is 5.91 Å². The SMILES string of the molecule is CC(O)CC1CCCCN1CC(=O)N1CCOCC1. The largest absolute Gasteiger partial charge is 0.393 e. The Morgan fingerprint density at radius 3 is 2.74 bits per heavy atom. The van der Waals surface area contributed by atoms with Crippen molar-refractivity contribution in [3.63, 3.8) is 0 Å². The lowest BCUT2D eigenvalue weighted by molar-refractivity contribution is -0.137. The van der Waals surface area contributed by atoms with Gasteiger partial charge in [0.15, 0.2) is 0 Å². The number of likely N-dealkylation sites (tertiary alicyclic amines) is 1. The Morgan fingerprint density at radius 2 is 2.05 bits per heavy atom. The average Bonchev–Trinajstić information content (AvgIpc) is 2.41. The number of amides is 1. The molecule has 1 amide bonds. The molecule has 2 aliphatic rings. The fourth-order valence-electron chi connectivity index (χ4n) is 3.02. The Kier molecular flexibility index (Phi) is 5.60. The molecule has 0 aromatic rings. The van der Waals surface area contributed by atoms with E-state index >= 15 is 0 Å². The highest BCUT2D eigenvalue weighted by Crippen LogP contribution is 2.21. The number of hydrogen-bond acceptors (Lipinski definition) is 4. The molecule has 5 heteroatoms. The van der Waals surface area contributed by atoms with Crippen molar-refractivity contribution in [1.29, 1.82) is 0 Å². The molecule has 0 aromatic heterocycles. The van der Waals surface area contributed by atoms with E-state index in [0.29, 0.717) is 38.9 Å². The van der Waals surface area contributed by atoms with Crippen LogP contribution >= 0.6 is 0 Å². The van der Waals surface area contributed by atoms with Crippen LogP contribution in [0, 0.1) is 0 Å². The van der Waals surface area contributed by atoms with Crippen molar-refractivity contribution in [1.82, 2.24) is 9.80 Å². The van der Waals surface area contributed by atoms with Crippen LogP contribution in [0.1, 0.15) is 32.6 Å². The van der Waals surface area contributed by atoms with Crippen LogP contribution in [-0.2, 0) is 9.53 Å². The number of ether oxygens (including phenoxy) is 1. The van der Waals surface area contributed by atoms with Gasteiger partial charge >= 0.3 is 0 Å². The fourth-order valence-corrected chi connectivity index (χ4v) is 3.02. The quantitative estimate of drug-likeness (QED) is 0.807. The molecule has 0 aromatic carbocycles. The van der Waals surface area contributed by atoms with Crippen LogP contribution in [0.4, 0.5) is 0 Å². The summed E-state index contributed by atoms with van der Waals surface area (Å²) < 4.78 is 5.27. The minimum Gasteiger partial charge on any atom is -0.393 e. The van der Waals surface area contributed by atoms with Gasteiger partial charge < -0.3 is 14.7 Å². The highest BCUT2D eigenvalue weighted by Gasteiger charge is 2.27. The van der Waals surface area contributed by atoms with Crippen molar-refractivity contribution in [3.05, 3.63) is 0 Å². The summed E-state index contributed by atoms with van der Waals surface area (Å²) in [5.74, 6) is 0.209. The molecular formula is C14H26N2O3. The minimum absolute atomic E-state index is 0.209. The predicted molar refractivity (Wildman–Crippen MR) is 72.9 cm³/mol. The third kappa shape index (κ3) is 4.44. The van der Waals surface area contributed by atoms with Crippen molar-refractivity contribution in [2.45, 2.75) is 44.8 Å². The van der Waals surface area contributed by atoms with E-state index in [2.05, 4.69) is 4.90 Å². The number of rotatable bonds is 4. The van der Waals surface area contributed by atoms with Gasteiger partial charge in [0.1, 0.15) is 0 Å². The number of aliphatic hydroxyl groups is 1. The molecule has 1 N–H and O–H groups in total. The minimum atomic E-state index is -0.288. The molecule has 2 rings (SSSR count). The van der Waals surface area contributed by atoms with Crippen LogP contribution in [0.2, 0.25) is 0 Å². The van der Waals surface area contributed by atoms with Crippen LogP contribution in [0.5, 0.6) is 0 Å². The van der Waals surface area contributed by atoms with Crippen LogP contribution < -0.4 is 0 Å². The number of aliphatic hydroxyl groups excluding tert-OH is 1. The van der Waals surface area contributed by atoms with E-state index in [1.54, 1.807) is 0 Å². The number of piperidine rings is 1. The molecule has 2 fully saturated rings. The van der Waals surface area contributed by atoms with Crippen LogP contribution in [0.3, 0.4) is 0 Å². The van der Waals surface area contributed by atoms with Gasteiger partial charge in [-0.3, -0.25) is 9.69 Å². The summed E-state index contributed by atoms with van der Waals surface area (Å²) in [6.45, 7) is 6.05. The standard InChI is InChI=1S/C14H26N2O3/c1-12(17)10-13-4-2-3-5-16(13)11-14(18)15-6-8-19-9-7-15/h12-13,17H,2-11H2,1H3. The van der Waals surface area contributed by atoms with Crippen molar-refractivity contribution in [3.8, 4) is 0 Å². The third-order valence-electron chi connectivity index (χ3n) is 4.06. The molecule has 2 heterocycles. The predicted octanol–water partition coefficient (Wildman–Crippen LogP) is 0.471. The molecule has 0 radical (unpaired) electrons. The first-order valence-electron chi connectivity index (χ1n) is 7.44. The summed E-state index contributed by atoms with van der Waals surface area (Å²) in [5, 5.41) is 9.57. The number of carbonyl (C=O) groups excluding carboxylic acids is 1. The van der Waals surface area contributed by atoms with E-state index in [9.17, 15) is 9.90 Å². The summed E-state index contributed by atoms with van der Waals surface area (Å²) in [6, 6.07) is 0.360. The highest BCUT2D eigenvalue weighted by molar-refractivity contribution is 5.78. The molecule has 2 saturated heterocycles. The molecule has 2 aliphatic heterocycles. The van der Waals surface area contributed by atoms with E-state index in [-0.39, 0.29) is 12.0 Å². The van der Waals surface area contributed by atoms with Gasteiger partial charge in [-0.2, -0.15) is 0 Å². The Labute approximate surface area is 115 Å². The zero-order valence-corrected chi connectivity index (χ0v) is 11.9. The van der Waals surface area contributed by atoms with Crippen molar-refractivity contribution in [2.75, 3.05) is 39.4 Å². The van der Waals surface area contributed by atoms with Gasteiger partial charge in [-0.05, 0) is 32.7 Å². The Balaban J connectivity index is 1.85. The average molecular weight is 270 g/mol. The Morgan fingerprint density at radius 1 is 1.32 bits per heavy atom. The van der Waals surface area contributed by atoms with Crippen LogP contribution in [-0.4, -0.2) is 72.4 Å². The third-order valence-corrected chi connectivity index (χ3v) is 4.06. The van der Waals surface area contributed by atoms with Gasteiger partial charge in [-0.1, -0.05) is 6.42 Å². The Hall–Kier alpha value is -0.650. The van der Waals surface area contributed by atoms with E-state index in [1.807, 2.05) is 11.8 Å².